The van der Waals surface area contributed by atoms with Gasteiger partial charge in [0, 0.05) is 31.5 Å². The minimum Gasteiger partial charge on any atom is -0.365 e. The minimum atomic E-state index is -0.436. The minimum absolute atomic E-state index is 0.436. The molecule has 0 radical (unpaired) electrons. The average molecular weight is 234 g/mol. The molecule has 1 fully saturated rings. The fourth-order valence-electron chi connectivity index (χ4n) is 1.75. The number of pyridine rings is 1. The van der Waals surface area contributed by atoms with E-state index in [1.165, 1.54) is 0 Å². The second kappa shape index (κ2) is 4.82. The molecule has 0 aromatic carbocycles. The molecule has 6 nitrogen and oxygen atoms in total. The monoisotopic (exact) mass is 234 g/mol. The van der Waals surface area contributed by atoms with Crippen LogP contribution in [0.4, 0.5) is 0 Å². The van der Waals surface area contributed by atoms with Crippen LogP contribution in [0.3, 0.4) is 0 Å². The van der Waals surface area contributed by atoms with Crippen molar-refractivity contribution in [1.82, 2.24) is 15.2 Å². The summed E-state index contributed by atoms with van der Waals surface area (Å²) in [7, 11) is 0. The summed E-state index contributed by atoms with van der Waals surface area (Å²) in [6, 6.07) is 3.93. The van der Waals surface area contributed by atoms with Crippen molar-refractivity contribution in [3.05, 3.63) is 51.7 Å². The van der Waals surface area contributed by atoms with E-state index in [2.05, 4.69) is 10.3 Å². The molecule has 2 heterocycles. The number of hydrogen-bond donors (Lipinski definition) is 1. The molecule has 0 unspecified atom stereocenters. The lowest BCUT2D eigenvalue weighted by molar-refractivity contribution is -0.404. The van der Waals surface area contributed by atoms with Gasteiger partial charge in [-0.2, -0.15) is 0 Å². The summed E-state index contributed by atoms with van der Waals surface area (Å²) < 4.78 is 0. The van der Waals surface area contributed by atoms with Crippen molar-refractivity contribution in [2.75, 3.05) is 13.1 Å². The van der Waals surface area contributed by atoms with E-state index < -0.39 is 4.92 Å². The molecule has 2 rings (SSSR count). The van der Waals surface area contributed by atoms with Gasteiger partial charge in [-0.15, -0.1) is 0 Å². The molecular weight excluding hydrogens is 220 g/mol. The van der Waals surface area contributed by atoms with E-state index in [-0.39, 0.29) is 0 Å². The van der Waals surface area contributed by atoms with Gasteiger partial charge in [-0.25, -0.2) is 0 Å². The average Bonchev–Trinajstić information content (AvgIpc) is 2.68. The molecule has 0 bridgehead atoms. The first-order valence-electron chi connectivity index (χ1n) is 5.41. The molecule has 1 aromatic heterocycles. The van der Waals surface area contributed by atoms with Crippen molar-refractivity contribution >= 4 is 0 Å². The van der Waals surface area contributed by atoms with Gasteiger partial charge in [0.25, 0.3) is 6.20 Å². The maximum absolute atomic E-state index is 10.4. The molecule has 1 N–H and O–H groups in total. The zero-order chi connectivity index (χ0) is 12.3. The van der Waals surface area contributed by atoms with Crippen LogP contribution in [0.5, 0.6) is 0 Å². The third-order valence-electron chi connectivity index (χ3n) is 2.60. The van der Waals surface area contributed by atoms with Gasteiger partial charge in [-0.3, -0.25) is 15.1 Å². The molecule has 1 saturated heterocycles. The highest BCUT2D eigenvalue weighted by Gasteiger charge is 2.19. The topological polar surface area (TPSA) is 71.3 Å². The van der Waals surface area contributed by atoms with Gasteiger partial charge < -0.3 is 10.2 Å². The zero-order valence-electron chi connectivity index (χ0n) is 9.59. The summed E-state index contributed by atoms with van der Waals surface area (Å²) in [6.07, 6.45) is 2.81. The highest BCUT2D eigenvalue weighted by molar-refractivity contribution is 5.15. The Morgan fingerprint density at radius 3 is 3.12 bits per heavy atom. The first-order valence-corrected chi connectivity index (χ1v) is 5.41. The van der Waals surface area contributed by atoms with E-state index in [0.717, 1.165) is 30.5 Å². The van der Waals surface area contributed by atoms with Crippen LogP contribution in [0.1, 0.15) is 11.3 Å². The van der Waals surface area contributed by atoms with Crippen LogP contribution in [0, 0.1) is 17.0 Å². The molecule has 1 aromatic rings. The van der Waals surface area contributed by atoms with Crippen molar-refractivity contribution in [2.24, 2.45) is 0 Å². The van der Waals surface area contributed by atoms with Crippen molar-refractivity contribution in [2.45, 2.75) is 13.5 Å². The first-order chi connectivity index (χ1) is 8.15. The smallest absolute Gasteiger partial charge is 0.274 e. The highest BCUT2D eigenvalue weighted by Crippen LogP contribution is 2.12. The van der Waals surface area contributed by atoms with Crippen LogP contribution in [0.2, 0.25) is 0 Å². The highest BCUT2D eigenvalue weighted by atomic mass is 16.6. The number of aromatic nitrogens is 1. The fourth-order valence-corrected chi connectivity index (χ4v) is 1.75. The molecular formula is C11H14N4O2. The Kier molecular flexibility index (Phi) is 3.22. The van der Waals surface area contributed by atoms with Gasteiger partial charge >= 0.3 is 0 Å². The molecule has 1 aliphatic rings. The van der Waals surface area contributed by atoms with Crippen LogP contribution in [0.15, 0.2) is 30.4 Å². The third-order valence-corrected chi connectivity index (χ3v) is 2.60. The quantitative estimate of drug-likeness (QED) is 0.620. The van der Waals surface area contributed by atoms with Crippen LogP contribution in [-0.2, 0) is 6.54 Å². The second-order valence-electron chi connectivity index (χ2n) is 3.96. The lowest BCUT2D eigenvalue weighted by atomic mass is 10.2. The summed E-state index contributed by atoms with van der Waals surface area (Å²) in [5.41, 5.74) is 2.02. The van der Waals surface area contributed by atoms with Crippen molar-refractivity contribution < 1.29 is 4.92 Å². The lowest BCUT2D eigenvalue weighted by Crippen LogP contribution is -2.20. The van der Waals surface area contributed by atoms with Gasteiger partial charge in [0.2, 0.25) is 0 Å². The predicted molar refractivity (Wildman–Crippen MR) is 62.5 cm³/mol. The van der Waals surface area contributed by atoms with Gasteiger partial charge in [-0.1, -0.05) is 6.07 Å². The number of nitrogens with zero attached hydrogens (tertiary/aromatic N) is 3. The van der Waals surface area contributed by atoms with Crippen LogP contribution in [-0.4, -0.2) is 27.9 Å². The van der Waals surface area contributed by atoms with E-state index in [9.17, 15) is 10.1 Å². The number of nitrogens with one attached hydrogen (secondary N) is 1. The number of nitro groups is 1. The summed E-state index contributed by atoms with van der Waals surface area (Å²) in [5.74, 6) is 0.565. The van der Waals surface area contributed by atoms with Gasteiger partial charge in [-0.05, 0) is 18.6 Å². The first kappa shape index (κ1) is 11.4. The molecule has 0 aliphatic carbocycles. The fraction of sp³-hybridized carbons (Fsp3) is 0.364. The van der Waals surface area contributed by atoms with Crippen LogP contribution >= 0.6 is 0 Å². The molecule has 17 heavy (non-hydrogen) atoms. The van der Waals surface area contributed by atoms with Crippen molar-refractivity contribution in [3.63, 3.8) is 0 Å². The Balaban J connectivity index is 2.07. The Bertz CT molecular complexity index is 441. The van der Waals surface area contributed by atoms with Gasteiger partial charge in [0.05, 0.1) is 4.92 Å². The predicted octanol–water partition coefficient (Wildman–Crippen LogP) is 0.871. The molecule has 0 saturated carbocycles. The number of aryl methyl sites for hydroxylation is 1. The maximum atomic E-state index is 10.4. The van der Waals surface area contributed by atoms with Crippen LogP contribution in [0.25, 0.3) is 0 Å². The standard InChI is InChI=1S/C11H14N4O2/c1-9-2-3-10(6-13-9)7-14-5-4-12-11(14)8-15(16)17/h2-3,6,8,12H,4-5,7H2,1H3/b11-8-. The summed E-state index contributed by atoms with van der Waals surface area (Å²) in [4.78, 5) is 16.2. The lowest BCUT2D eigenvalue weighted by Gasteiger charge is -2.16. The maximum Gasteiger partial charge on any atom is 0.274 e. The van der Waals surface area contributed by atoms with Crippen molar-refractivity contribution in [1.29, 1.82) is 0 Å². The van der Waals surface area contributed by atoms with E-state index in [1.54, 1.807) is 6.20 Å². The molecule has 1 aliphatic heterocycles. The molecule has 6 heteroatoms. The Labute approximate surface area is 99.1 Å². The summed E-state index contributed by atoms with van der Waals surface area (Å²) >= 11 is 0. The Morgan fingerprint density at radius 2 is 2.47 bits per heavy atom. The number of hydrogen-bond acceptors (Lipinski definition) is 5. The summed E-state index contributed by atoms with van der Waals surface area (Å²) in [5, 5.41) is 13.4. The Hall–Kier alpha value is -2.11. The van der Waals surface area contributed by atoms with Gasteiger partial charge in [0.1, 0.15) is 0 Å². The second-order valence-corrected chi connectivity index (χ2v) is 3.96. The molecule has 0 atom stereocenters. The van der Waals surface area contributed by atoms with E-state index in [4.69, 9.17) is 0 Å². The SMILES string of the molecule is Cc1ccc(CN2CCN/C2=C/[N+](=O)[O-])cn1. The molecule has 0 amide bonds. The van der Waals surface area contributed by atoms with E-state index >= 15 is 0 Å². The van der Waals surface area contributed by atoms with Crippen molar-refractivity contribution in [3.8, 4) is 0 Å². The van der Waals surface area contributed by atoms with Gasteiger partial charge in [0.15, 0.2) is 5.82 Å². The third kappa shape index (κ3) is 2.93. The van der Waals surface area contributed by atoms with E-state index in [1.807, 2.05) is 24.0 Å². The number of rotatable bonds is 3. The Morgan fingerprint density at radius 1 is 1.65 bits per heavy atom. The summed E-state index contributed by atoms with van der Waals surface area (Å²) in [6.45, 7) is 4.08. The largest absolute Gasteiger partial charge is 0.365 e. The molecule has 0 spiro atoms. The normalized spacial score (nSPS) is 17.2. The van der Waals surface area contributed by atoms with Crippen LogP contribution < -0.4 is 5.32 Å². The molecule has 90 valence electrons. The van der Waals surface area contributed by atoms with E-state index in [0.29, 0.717) is 12.4 Å². The zero-order valence-corrected chi connectivity index (χ0v) is 9.59.